The topological polar surface area (TPSA) is 112 Å². The molecule has 1 fully saturated rings. The van der Waals surface area contributed by atoms with E-state index in [1.807, 2.05) is 11.8 Å². The number of hydrogen-bond acceptors (Lipinski definition) is 7. The number of hydrogen-bond donors (Lipinski definition) is 2. The third-order valence-corrected chi connectivity index (χ3v) is 8.36. The number of aromatic nitrogens is 2. The lowest BCUT2D eigenvalue weighted by Crippen LogP contribution is -2.42. The SMILES string of the molecule is CCN(CC(=O)N[C@H]1CCS(=O)(=O)C1)Cc1nc2sc3c(c2c(=O)[nH]1)CCC3. The van der Waals surface area contributed by atoms with E-state index in [-0.39, 0.29) is 35.6 Å². The average Bonchev–Trinajstić information content (AvgIpc) is 3.28. The summed E-state index contributed by atoms with van der Waals surface area (Å²) in [6, 6.07) is -0.306. The summed E-state index contributed by atoms with van der Waals surface area (Å²) < 4.78 is 23.1. The van der Waals surface area contributed by atoms with Gasteiger partial charge in [-0.15, -0.1) is 11.3 Å². The van der Waals surface area contributed by atoms with Crippen molar-refractivity contribution in [1.29, 1.82) is 0 Å². The van der Waals surface area contributed by atoms with Crippen LogP contribution in [0.4, 0.5) is 0 Å². The van der Waals surface area contributed by atoms with Gasteiger partial charge in [0.1, 0.15) is 10.7 Å². The van der Waals surface area contributed by atoms with E-state index in [1.54, 1.807) is 11.3 Å². The normalized spacial score (nSPS) is 20.7. The van der Waals surface area contributed by atoms with Crippen LogP contribution < -0.4 is 10.9 Å². The van der Waals surface area contributed by atoms with Gasteiger partial charge in [-0.3, -0.25) is 14.5 Å². The second-order valence-corrected chi connectivity index (χ2v) is 10.8. The number of amides is 1. The van der Waals surface area contributed by atoms with Crippen LogP contribution in [0.5, 0.6) is 0 Å². The smallest absolute Gasteiger partial charge is 0.259 e. The number of nitrogens with zero attached hydrogens (tertiary/aromatic N) is 2. The zero-order valence-electron chi connectivity index (χ0n) is 15.8. The fourth-order valence-electron chi connectivity index (χ4n) is 4.00. The van der Waals surface area contributed by atoms with Crippen molar-refractivity contribution < 1.29 is 13.2 Å². The molecule has 2 N–H and O–H groups in total. The largest absolute Gasteiger partial charge is 0.351 e. The minimum absolute atomic E-state index is 0.0133. The summed E-state index contributed by atoms with van der Waals surface area (Å²) in [6.07, 6.45) is 3.52. The van der Waals surface area contributed by atoms with Crippen molar-refractivity contribution in [2.24, 2.45) is 0 Å². The van der Waals surface area contributed by atoms with Gasteiger partial charge in [0.05, 0.1) is 30.0 Å². The van der Waals surface area contributed by atoms with Gasteiger partial charge in [-0.2, -0.15) is 0 Å². The van der Waals surface area contributed by atoms with Crippen molar-refractivity contribution in [2.75, 3.05) is 24.6 Å². The summed E-state index contributed by atoms with van der Waals surface area (Å²) in [6.45, 7) is 3.04. The van der Waals surface area contributed by atoms with Crippen molar-refractivity contribution in [1.82, 2.24) is 20.2 Å². The molecule has 1 saturated heterocycles. The third-order valence-electron chi connectivity index (χ3n) is 5.41. The van der Waals surface area contributed by atoms with E-state index in [1.165, 1.54) is 4.88 Å². The van der Waals surface area contributed by atoms with E-state index in [0.29, 0.717) is 25.3 Å². The number of sulfone groups is 1. The van der Waals surface area contributed by atoms with Crippen LogP contribution in [0.3, 0.4) is 0 Å². The highest BCUT2D eigenvalue weighted by molar-refractivity contribution is 7.91. The Morgan fingerprint density at radius 2 is 2.21 bits per heavy atom. The quantitative estimate of drug-likeness (QED) is 0.702. The molecular formula is C18H24N4O4S2. The molecule has 0 spiro atoms. The first-order chi connectivity index (χ1) is 13.3. The van der Waals surface area contributed by atoms with Gasteiger partial charge in [0.25, 0.3) is 5.56 Å². The molecule has 1 aliphatic heterocycles. The number of rotatable bonds is 6. The molecule has 28 heavy (non-hydrogen) atoms. The molecule has 0 bridgehead atoms. The number of nitrogens with one attached hydrogen (secondary N) is 2. The summed E-state index contributed by atoms with van der Waals surface area (Å²) in [5.74, 6) is 0.489. The monoisotopic (exact) mass is 424 g/mol. The Morgan fingerprint density at radius 3 is 2.93 bits per heavy atom. The maximum atomic E-state index is 12.6. The highest BCUT2D eigenvalue weighted by Crippen LogP contribution is 2.34. The summed E-state index contributed by atoms with van der Waals surface area (Å²) in [7, 11) is -3.03. The predicted molar refractivity (Wildman–Crippen MR) is 108 cm³/mol. The van der Waals surface area contributed by atoms with Crippen LogP contribution in [-0.4, -0.2) is 59.8 Å². The molecular weight excluding hydrogens is 400 g/mol. The molecule has 2 aromatic heterocycles. The van der Waals surface area contributed by atoms with Gasteiger partial charge in [0.15, 0.2) is 9.84 Å². The van der Waals surface area contributed by atoms with Crippen LogP contribution in [-0.2, 0) is 34.0 Å². The number of aromatic amines is 1. The Balaban J connectivity index is 1.43. The van der Waals surface area contributed by atoms with E-state index in [2.05, 4.69) is 15.3 Å². The first-order valence-corrected chi connectivity index (χ1v) is 12.2. The first kappa shape index (κ1) is 19.5. The van der Waals surface area contributed by atoms with Crippen molar-refractivity contribution in [3.05, 3.63) is 26.6 Å². The number of aryl methyl sites for hydroxylation is 2. The Bertz CT molecular complexity index is 1070. The lowest BCUT2D eigenvalue weighted by atomic mass is 10.2. The van der Waals surface area contributed by atoms with Crippen molar-refractivity contribution in [2.45, 2.75) is 45.2 Å². The molecule has 0 aromatic carbocycles. The van der Waals surface area contributed by atoms with Gasteiger partial charge in [-0.05, 0) is 37.8 Å². The van der Waals surface area contributed by atoms with Crippen LogP contribution in [0.25, 0.3) is 10.2 Å². The van der Waals surface area contributed by atoms with Gasteiger partial charge in [0.2, 0.25) is 5.91 Å². The molecule has 8 nitrogen and oxygen atoms in total. The average molecular weight is 425 g/mol. The molecule has 0 saturated carbocycles. The van der Waals surface area contributed by atoms with Crippen LogP contribution in [0.2, 0.25) is 0 Å². The Kier molecular flexibility index (Phi) is 5.28. The number of H-pyrrole nitrogens is 1. The summed E-state index contributed by atoms with van der Waals surface area (Å²) in [5.41, 5.74) is 1.05. The Morgan fingerprint density at radius 1 is 1.39 bits per heavy atom. The molecule has 1 atom stereocenters. The summed E-state index contributed by atoms with van der Waals surface area (Å²) in [5, 5.41) is 3.53. The van der Waals surface area contributed by atoms with E-state index in [9.17, 15) is 18.0 Å². The fraction of sp³-hybridized carbons (Fsp3) is 0.611. The van der Waals surface area contributed by atoms with Crippen LogP contribution >= 0.6 is 11.3 Å². The molecule has 152 valence electrons. The zero-order valence-corrected chi connectivity index (χ0v) is 17.4. The molecule has 1 aliphatic carbocycles. The van der Waals surface area contributed by atoms with Crippen molar-refractivity contribution in [3.8, 4) is 0 Å². The van der Waals surface area contributed by atoms with E-state index in [0.717, 1.165) is 35.0 Å². The molecule has 0 unspecified atom stereocenters. The number of carbonyl (C=O) groups is 1. The maximum Gasteiger partial charge on any atom is 0.259 e. The van der Waals surface area contributed by atoms with Crippen LogP contribution in [0.1, 0.15) is 36.0 Å². The minimum Gasteiger partial charge on any atom is -0.351 e. The lowest BCUT2D eigenvalue weighted by Gasteiger charge is -2.20. The lowest BCUT2D eigenvalue weighted by molar-refractivity contribution is -0.122. The van der Waals surface area contributed by atoms with Gasteiger partial charge in [0, 0.05) is 10.9 Å². The predicted octanol–water partition coefficient (Wildman–Crippen LogP) is 0.599. The van der Waals surface area contributed by atoms with E-state index >= 15 is 0 Å². The third kappa shape index (κ3) is 3.99. The van der Waals surface area contributed by atoms with Crippen molar-refractivity contribution >= 4 is 37.3 Å². The second kappa shape index (κ2) is 7.57. The number of likely N-dealkylation sites (N-methyl/N-ethyl adjacent to an activating group) is 1. The molecule has 3 heterocycles. The molecule has 2 aliphatic rings. The van der Waals surface area contributed by atoms with Crippen LogP contribution in [0.15, 0.2) is 4.79 Å². The van der Waals surface area contributed by atoms with Gasteiger partial charge in [-0.1, -0.05) is 6.92 Å². The molecule has 1 amide bonds. The molecule has 0 radical (unpaired) electrons. The molecule has 4 rings (SSSR count). The van der Waals surface area contributed by atoms with Crippen molar-refractivity contribution in [3.63, 3.8) is 0 Å². The van der Waals surface area contributed by atoms with Gasteiger partial charge < -0.3 is 10.3 Å². The van der Waals surface area contributed by atoms with Crippen LogP contribution in [0, 0.1) is 0 Å². The molecule has 2 aromatic rings. The summed E-state index contributed by atoms with van der Waals surface area (Å²) >= 11 is 1.60. The molecule has 10 heteroatoms. The number of thiophene rings is 1. The fourth-order valence-corrected chi connectivity index (χ4v) is 6.95. The summed E-state index contributed by atoms with van der Waals surface area (Å²) in [4.78, 5) is 36.3. The standard InChI is InChI=1S/C18H24N4O4S2/c1-2-22(9-15(23)19-11-6-7-28(25,26)10-11)8-14-20-17(24)16-12-4-3-5-13(12)27-18(16)21-14/h11H,2-10H2,1H3,(H,19,23)(H,20,21,24)/t11-/m0/s1. The second-order valence-electron chi connectivity index (χ2n) is 7.52. The highest BCUT2D eigenvalue weighted by Gasteiger charge is 2.29. The highest BCUT2D eigenvalue weighted by atomic mass is 32.2. The Labute approximate surface area is 167 Å². The number of carbonyl (C=O) groups excluding carboxylic acids is 1. The van der Waals surface area contributed by atoms with E-state index in [4.69, 9.17) is 0 Å². The number of fused-ring (bicyclic) bond motifs is 3. The van der Waals surface area contributed by atoms with Gasteiger partial charge in [-0.25, -0.2) is 13.4 Å². The Hall–Kier alpha value is -1.78. The minimum atomic E-state index is -3.03. The van der Waals surface area contributed by atoms with Gasteiger partial charge >= 0.3 is 0 Å². The zero-order chi connectivity index (χ0) is 19.9. The first-order valence-electron chi connectivity index (χ1n) is 9.60. The van der Waals surface area contributed by atoms with E-state index < -0.39 is 9.84 Å². The maximum absolute atomic E-state index is 12.6.